The largest absolute Gasteiger partial charge is 0.361 e. The molecule has 1 fully saturated rings. The Kier molecular flexibility index (Phi) is 5.15. The maximum atomic E-state index is 11.8. The number of nitrogens with one attached hydrogen (secondary N) is 2. The van der Waals surface area contributed by atoms with Crippen molar-refractivity contribution in [2.75, 3.05) is 18.4 Å². The van der Waals surface area contributed by atoms with Crippen molar-refractivity contribution in [2.45, 2.75) is 52.4 Å². The predicted molar refractivity (Wildman–Crippen MR) is 84.4 cm³/mol. The quantitative estimate of drug-likeness (QED) is 0.810. The second-order valence-corrected chi connectivity index (χ2v) is 6.45. The van der Waals surface area contributed by atoms with Crippen LogP contribution in [0, 0.1) is 5.92 Å². The number of hydrogen-bond acceptors (Lipinski definition) is 4. The summed E-state index contributed by atoms with van der Waals surface area (Å²) in [5.41, 5.74) is 1.01. The van der Waals surface area contributed by atoms with Gasteiger partial charge in [-0.25, -0.2) is 9.97 Å². The van der Waals surface area contributed by atoms with E-state index in [1.807, 2.05) is 6.07 Å². The standard InChI is InChI=1S/C16H26N4O/c1-10(2)13-7-14(20-16(19-13)11(3)4)17-9-15(21)18-8-12-5-6-12/h7,10-12H,5-6,8-9H2,1-4H3,(H,18,21)(H,17,19,20). The number of carbonyl (C=O) groups is 1. The Bertz CT molecular complexity index is 469. The van der Waals surface area contributed by atoms with E-state index in [9.17, 15) is 4.79 Å². The molecule has 116 valence electrons. The summed E-state index contributed by atoms with van der Waals surface area (Å²) in [7, 11) is 0. The number of carbonyl (C=O) groups excluding carboxylic acids is 1. The van der Waals surface area contributed by atoms with Gasteiger partial charge in [-0.3, -0.25) is 4.79 Å². The molecule has 1 aliphatic rings. The van der Waals surface area contributed by atoms with Gasteiger partial charge in [0.1, 0.15) is 11.6 Å². The van der Waals surface area contributed by atoms with Gasteiger partial charge < -0.3 is 10.6 Å². The summed E-state index contributed by atoms with van der Waals surface area (Å²) in [6.07, 6.45) is 2.49. The second-order valence-electron chi connectivity index (χ2n) is 6.45. The van der Waals surface area contributed by atoms with Crippen LogP contribution in [0.1, 0.15) is 63.9 Å². The number of nitrogens with zero attached hydrogens (tertiary/aromatic N) is 2. The number of aromatic nitrogens is 2. The Morgan fingerprint density at radius 2 is 1.95 bits per heavy atom. The first-order chi connectivity index (χ1) is 9.95. The number of amides is 1. The van der Waals surface area contributed by atoms with E-state index >= 15 is 0 Å². The van der Waals surface area contributed by atoms with Gasteiger partial charge in [-0.1, -0.05) is 27.7 Å². The summed E-state index contributed by atoms with van der Waals surface area (Å²) < 4.78 is 0. The Balaban J connectivity index is 1.95. The Labute approximate surface area is 127 Å². The number of rotatable bonds is 7. The molecule has 5 heteroatoms. The lowest BCUT2D eigenvalue weighted by Gasteiger charge is -2.13. The first kappa shape index (κ1) is 15.7. The average Bonchev–Trinajstić information content (AvgIpc) is 3.26. The molecule has 0 unspecified atom stereocenters. The highest BCUT2D eigenvalue weighted by Gasteiger charge is 2.21. The molecule has 1 aromatic rings. The molecule has 5 nitrogen and oxygen atoms in total. The van der Waals surface area contributed by atoms with Gasteiger partial charge >= 0.3 is 0 Å². The van der Waals surface area contributed by atoms with Gasteiger partial charge in [0.15, 0.2) is 0 Å². The van der Waals surface area contributed by atoms with Crippen molar-refractivity contribution in [3.05, 3.63) is 17.6 Å². The lowest BCUT2D eigenvalue weighted by molar-refractivity contribution is -0.119. The molecule has 2 N–H and O–H groups in total. The van der Waals surface area contributed by atoms with Gasteiger partial charge in [0.05, 0.1) is 6.54 Å². The molecule has 0 radical (unpaired) electrons. The van der Waals surface area contributed by atoms with E-state index in [4.69, 9.17) is 0 Å². The van der Waals surface area contributed by atoms with Crippen LogP contribution >= 0.6 is 0 Å². The van der Waals surface area contributed by atoms with Crippen LogP contribution in [-0.2, 0) is 4.79 Å². The Morgan fingerprint density at radius 1 is 1.24 bits per heavy atom. The lowest BCUT2D eigenvalue weighted by atomic mass is 10.1. The van der Waals surface area contributed by atoms with Gasteiger partial charge in [-0.05, 0) is 24.7 Å². The maximum absolute atomic E-state index is 11.8. The highest BCUT2D eigenvalue weighted by atomic mass is 16.1. The van der Waals surface area contributed by atoms with Gasteiger partial charge in [-0.15, -0.1) is 0 Å². The van der Waals surface area contributed by atoms with E-state index < -0.39 is 0 Å². The molecule has 1 aliphatic carbocycles. The van der Waals surface area contributed by atoms with Gasteiger partial charge in [-0.2, -0.15) is 0 Å². The monoisotopic (exact) mass is 290 g/mol. The normalized spacial score (nSPS) is 14.6. The summed E-state index contributed by atoms with van der Waals surface area (Å²) in [5.74, 6) is 2.90. The average molecular weight is 290 g/mol. The predicted octanol–water partition coefficient (Wildman–Crippen LogP) is 2.66. The summed E-state index contributed by atoms with van der Waals surface area (Å²) >= 11 is 0. The SMILES string of the molecule is CC(C)c1cc(NCC(=O)NCC2CC2)nc(C(C)C)n1. The number of hydrogen-bond donors (Lipinski definition) is 2. The van der Waals surface area contributed by atoms with E-state index in [2.05, 4.69) is 48.3 Å². The van der Waals surface area contributed by atoms with Crippen LogP contribution in [0.25, 0.3) is 0 Å². The van der Waals surface area contributed by atoms with Crippen molar-refractivity contribution >= 4 is 11.7 Å². The summed E-state index contributed by atoms with van der Waals surface area (Å²) in [6.45, 7) is 9.44. The molecule has 2 rings (SSSR count). The van der Waals surface area contributed by atoms with E-state index in [1.54, 1.807) is 0 Å². The molecule has 1 amide bonds. The maximum Gasteiger partial charge on any atom is 0.239 e. The zero-order chi connectivity index (χ0) is 15.4. The molecule has 1 saturated carbocycles. The van der Waals surface area contributed by atoms with E-state index in [1.165, 1.54) is 12.8 Å². The van der Waals surface area contributed by atoms with E-state index in [-0.39, 0.29) is 18.4 Å². The van der Waals surface area contributed by atoms with Crippen LogP contribution in [0.4, 0.5) is 5.82 Å². The minimum absolute atomic E-state index is 0.0257. The highest BCUT2D eigenvalue weighted by molar-refractivity contribution is 5.80. The van der Waals surface area contributed by atoms with E-state index in [0.717, 1.165) is 23.9 Å². The van der Waals surface area contributed by atoms with E-state index in [0.29, 0.717) is 11.8 Å². The third-order valence-electron chi connectivity index (χ3n) is 3.59. The lowest BCUT2D eigenvalue weighted by Crippen LogP contribution is -2.31. The first-order valence-electron chi connectivity index (χ1n) is 7.85. The molecule has 0 aromatic carbocycles. The minimum atomic E-state index is 0.0257. The molecule has 0 saturated heterocycles. The van der Waals surface area contributed by atoms with Crippen molar-refractivity contribution in [3.8, 4) is 0 Å². The van der Waals surface area contributed by atoms with Crippen molar-refractivity contribution in [3.63, 3.8) is 0 Å². The van der Waals surface area contributed by atoms with Crippen LogP contribution in [0.3, 0.4) is 0 Å². The number of anilines is 1. The summed E-state index contributed by atoms with van der Waals surface area (Å²) in [4.78, 5) is 20.8. The smallest absolute Gasteiger partial charge is 0.239 e. The van der Waals surface area contributed by atoms with Crippen molar-refractivity contribution < 1.29 is 4.79 Å². The molecule has 0 aliphatic heterocycles. The van der Waals surface area contributed by atoms with Gasteiger partial charge in [0.2, 0.25) is 5.91 Å². The first-order valence-corrected chi connectivity index (χ1v) is 7.85. The molecule has 0 bridgehead atoms. The zero-order valence-corrected chi connectivity index (χ0v) is 13.4. The zero-order valence-electron chi connectivity index (χ0n) is 13.4. The molecule has 0 spiro atoms. The van der Waals surface area contributed by atoms with Crippen LogP contribution in [-0.4, -0.2) is 29.0 Å². The Hall–Kier alpha value is -1.65. The van der Waals surface area contributed by atoms with Crippen LogP contribution in [0.5, 0.6) is 0 Å². The van der Waals surface area contributed by atoms with Crippen LogP contribution in [0.2, 0.25) is 0 Å². The third-order valence-corrected chi connectivity index (χ3v) is 3.59. The van der Waals surface area contributed by atoms with Crippen molar-refractivity contribution in [1.82, 2.24) is 15.3 Å². The minimum Gasteiger partial charge on any atom is -0.361 e. The Morgan fingerprint density at radius 3 is 2.52 bits per heavy atom. The van der Waals surface area contributed by atoms with Crippen LogP contribution < -0.4 is 10.6 Å². The fourth-order valence-electron chi connectivity index (χ4n) is 1.94. The van der Waals surface area contributed by atoms with Gasteiger partial charge in [0.25, 0.3) is 0 Å². The molecule has 21 heavy (non-hydrogen) atoms. The second kappa shape index (κ2) is 6.87. The summed E-state index contributed by atoms with van der Waals surface area (Å²) in [5, 5.41) is 6.06. The fourth-order valence-corrected chi connectivity index (χ4v) is 1.94. The summed E-state index contributed by atoms with van der Waals surface area (Å²) in [6, 6.07) is 1.94. The highest BCUT2D eigenvalue weighted by Crippen LogP contribution is 2.27. The molecular weight excluding hydrogens is 264 g/mol. The molecule has 1 aromatic heterocycles. The van der Waals surface area contributed by atoms with Crippen molar-refractivity contribution in [1.29, 1.82) is 0 Å². The molecular formula is C16H26N4O. The molecule has 0 atom stereocenters. The molecule has 1 heterocycles. The third kappa shape index (κ3) is 4.99. The van der Waals surface area contributed by atoms with Gasteiger partial charge in [0, 0.05) is 24.2 Å². The fraction of sp³-hybridized carbons (Fsp3) is 0.688. The topological polar surface area (TPSA) is 66.9 Å². The van der Waals surface area contributed by atoms with Crippen LogP contribution in [0.15, 0.2) is 6.07 Å². The van der Waals surface area contributed by atoms with Crippen molar-refractivity contribution in [2.24, 2.45) is 5.92 Å².